The maximum atomic E-state index is 12.7. The van der Waals surface area contributed by atoms with Gasteiger partial charge in [0.2, 0.25) is 9.84 Å². The molecule has 0 fully saturated rings. The number of rotatable bonds is 10. The molecular weight excluding hydrogens is 473 g/mol. The van der Waals surface area contributed by atoms with Crippen LogP contribution in [0.2, 0.25) is 5.02 Å². The van der Waals surface area contributed by atoms with Gasteiger partial charge in [-0.1, -0.05) is 35.9 Å². The first-order chi connectivity index (χ1) is 15.3. The Morgan fingerprint density at radius 2 is 1.58 bits per heavy atom. The van der Waals surface area contributed by atoms with E-state index in [4.69, 9.17) is 16.7 Å². The van der Waals surface area contributed by atoms with Crippen LogP contribution < -0.4 is 5.32 Å². The Kier molecular flexibility index (Phi) is 10.6. The fourth-order valence-electron chi connectivity index (χ4n) is 3.24. The van der Waals surface area contributed by atoms with E-state index in [9.17, 15) is 18.3 Å². The summed E-state index contributed by atoms with van der Waals surface area (Å²) in [7, 11) is -3.71. The van der Waals surface area contributed by atoms with E-state index in [0.29, 0.717) is 18.1 Å². The number of aromatic carboxylic acids is 1. The molecule has 0 aromatic heterocycles. The van der Waals surface area contributed by atoms with Crippen molar-refractivity contribution in [2.45, 2.75) is 28.7 Å². The summed E-state index contributed by atoms with van der Waals surface area (Å²) in [6.45, 7) is 1.12. The Morgan fingerprint density at radius 3 is 2.15 bits per heavy atom. The summed E-state index contributed by atoms with van der Waals surface area (Å²) >= 11 is 5.94. The molecule has 3 aromatic carbocycles. The number of halogens is 1. The van der Waals surface area contributed by atoms with E-state index in [1.54, 1.807) is 42.5 Å². The van der Waals surface area contributed by atoms with E-state index in [-0.39, 0.29) is 44.9 Å². The van der Waals surface area contributed by atoms with Crippen molar-refractivity contribution >= 4 is 57.0 Å². The Morgan fingerprint density at radius 1 is 0.970 bits per heavy atom. The number of carbonyl (C=O) groups is 1. The monoisotopic (exact) mass is 497 g/mol. The summed E-state index contributed by atoms with van der Waals surface area (Å²) in [5, 5.41) is 22.9. The number of hydrogen-bond acceptors (Lipinski definition) is 5. The van der Waals surface area contributed by atoms with Gasteiger partial charge in [-0.15, -0.1) is 0 Å². The van der Waals surface area contributed by atoms with Crippen LogP contribution in [0.15, 0.2) is 82.6 Å². The van der Waals surface area contributed by atoms with Gasteiger partial charge < -0.3 is 15.5 Å². The number of aryl methyl sites for hydroxylation is 1. The number of aliphatic hydroxyl groups excluding tert-OH is 1. The average molecular weight is 498 g/mol. The van der Waals surface area contributed by atoms with Gasteiger partial charge in [-0.05, 0) is 79.0 Å². The summed E-state index contributed by atoms with van der Waals surface area (Å²) in [6.07, 6.45) is 0.946. The SMILES string of the molecule is O=C(O)c1ccc(S(=O)(=O)c2ccc(CCCNC[C@@H](O)c3cccc(Cl)c3)cc2)cc1.[NaH]. The molecule has 0 aliphatic carbocycles. The zero-order chi connectivity index (χ0) is 23.1. The first-order valence-electron chi connectivity index (χ1n) is 10.1. The number of aliphatic hydroxyl groups is 1. The minimum atomic E-state index is -3.71. The second-order valence-corrected chi connectivity index (χ2v) is 9.74. The van der Waals surface area contributed by atoms with Crippen molar-refractivity contribution in [2.75, 3.05) is 13.1 Å². The van der Waals surface area contributed by atoms with Crippen LogP contribution in [0.4, 0.5) is 0 Å². The molecule has 0 bridgehead atoms. The molecule has 0 aliphatic heterocycles. The molecule has 0 saturated heterocycles. The Labute approximate surface area is 220 Å². The van der Waals surface area contributed by atoms with Gasteiger partial charge in [0, 0.05) is 11.6 Å². The van der Waals surface area contributed by atoms with Gasteiger partial charge in [-0.2, -0.15) is 0 Å². The Hall–Kier alpha value is -1.71. The molecule has 33 heavy (non-hydrogen) atoms. The van der Waals surface area contributed by atoms with Gasteiger partial charge in [0.1, 0.15) is 0 Å². The molecule has 1 atom stereocenters. The zero-order valence-electron chi connectivity index (χ0n) is 17.2. The molecule has 0 saturated carbocycles. The molecule has 0 amide bonds. The van der Waals surface area contributed by atoms with Crippen LogP contribution in [0, 0.1) is 0 Å². The normalized spacial score (nSPS) is 12.1. The first-order valence-corrected chi connectivity index (χ1v) is 11.9. The number of sulfone groups is 1. The molecule has 9 heteroatoms. The summed E-state index contributed by atoms with van der Waals surface area (Å²) < 4.78 is 25.5. The van der Waals surface area contributed by atoms with Crippen molar-refractivity contribution in [2.24, 2.45) is 0 Å². The second-order valence-electron chi connectivity index (χ2n) is 7.36. The van der Waals surface area contributed by atoms with E-state index >= 15 is 0 Å². The fraction of sp³-hybridized carbons (Fsp3) is 0.208. The van der Waals surface area contributed by atoms with Crippen molar-refractivity contribution in [3.05, 3.63) is 94.5 Å². The summed E-state index contributed by atoms with van der Waals surface area (Å²) in [4.78, 5) is 11.1. The van der Waals surface area contributed by atoms with Crippen molar-refractivity contribution < 1.29 is 23.4 Å². The molecule has 0 aliphatic rings. The van der Waals surface area contributed by atoms with Crippen molar-refractivity contribution in [1.29, 1.82) is 0 Å². The predicted molar refractivity (Wildman–Crippen MR) is 130 cm³/mol. The van der Waals surface area contributed by atoms with Crippen LogP contribution in [0.1, 0.15) is 34.0 Å². The van der Waals surface area contributed by atoms with Crippen LogP contribution in [0.3, 0.4) is 0 Å². The zero-order valence-corrected chi connectivity index (χ0v) is 18.8. The molecule has 0 spiro atoms. The third-order valence-electron chi connectivity index (χ3n) is 5.04. The third-order valence-corrected chi connectivity index (χ3v) is 7.06. The van der Waals surface area contributed by atoms with Crippen LogP contribution in [0.25, 0.3) is 0 Å². The predicted octanol–water partition coefficient (Wildman–Crippen LogP) is 3.48. The van der Waals surface area contributed by atoms with Crippen molar-refractivity contribution in [3.63, 3.8) is 0 Å². The van der Waals surface area contributed by atoms with Crippen LogP contribution in [-0.2, 0) is 16.3 Å². The summed E-state index contributed by atoms with van der Waals surface area (Å²) in [5.41, 5.74) is 1.80. The fourth-order valence-corrected chi connectivity index (χ4v) is 4.70. The number of nitrogens with one attached hydrogen (secondary N) is 1. The molecule has 3 N–H and O–H groups in total. The van der Waals surface area contributed by atoms with Crippen LogP contribution >= 0.6 is 11.6 Å². The van der Waals surface area contributed by atoms with Gasteiger partial charge in [0.15, 0.2) is 0 Å². The minimum absolute atomic E-state index is 0. The molecule has 6 nitrogen and oxygen atoms in total. The van der Waals surface area contributed by atoms with Gasteiger partial charge in [0.05, 0.1) is 21.5 Å². The topological polar surface area (TPSA) is 104 Å². The van der Waals surface area contributed by atoms with E-state index < -0.39 is 21.9 Å². The number of carboxylic acids is 1. The van der Waals surface area contributed by atoms with Crippen molar-refractivity contribution in [1.82, 2.24) is 5.32 Å². The maximum absolute atomic E-state index is 12.7. The van der Waals surface area contributed by atoms with Gasteiger partial charge in [0.25, 0.3) is 0 Å². The van der Waals surface area contributed by atoms with Crippen molar-refractivity contribution in [3.8, 4) is 0 Å². The molecule has 0 heterocycles. The Bertz CT molecular complexity index is 1170. The third kappa shape index (κ3) is 7.65. The quantitative estimate of drug-likeness (QED) is 0.293. The molecule has 3 rings (SSSR count). The standard InChI is InChI=1S/C24H24ClNO5S.Na.H/c25-20-5-1-4-19(15-20)23(27)16-26-14-2-3-17-6-10-21(11-7-17)32(30,31)22-12-8-18(9-13-22)24(28)29;;/h1,4-13,15,23,26-27H,2-3,14,16H2,(H,28,29);;/t23-;;/m1../s1. The molecular formula is C24H25ClNNaO5S. The van der Waals surface area contributed by atoms with Gasteiger partial charge in [-0.25, -0.2) is 13.2 Å². The number of carboxylic acid groups (broad SMARTS) is 1. The van der Waals surface area contributed by atoms with E-state index in [2.05, 4.69) is 5.32 Å². The first kappa shape index (κ1) is 27.5. The van der Waals surface area contributed by atoms with Gasteiger partial charge >= 0.3 is 35.5 Å². The van der Waals surface area contributed by atoms with E-state index in [1.165, 1.54) is 24.3 Å². The molecule has 3 aromatic rings. The average Bonchev–Trinajstić information content (AvgIpc) is 2.79. The number of benzene rings is 3. The molecule has 0 unspecified atom stereocenters. The molecule has 170 valence electrons. The Balaban J connectivity index is 0.00000385. The van der Waals surface area contributed by atoms with Crippen LogP contribution in [-0.4, -0.2) is 67.2 Å². The number of hydrogen-bond donors (Lipinski definition) is 3. The summed E-state index contributed by atoms with van der Waals surface area (Å²) in [5.74, 6) is -1.10. The molecule has 0 radical (unpaired) electrons. The van der Waals surface area contributed by atoms with E-state index in [0.717, 1.165) is 24.0 Å². The van der Waals surface area contributed by atoms with Gasteiger partial charge in [-0.3, -0.25) is 0 Å². The summed E-state index contributed by atoms with van der Waals surface area (Å²) in [6, 6.07) is 19.0. The van der Waals surface area contributed by atoms with E-state index in [1.807, 2.05) is 6.07 Å². The second kappa shape index (κ2) is 12.7. The van der Waals surface area contributed by atoms with Crippen LogP contribution in [0.5, 0.6) is 0 Å².